The van der Waals surface area contributed by atoms with Crippen molar-refractivity contribution >= 4 is 37.8 Å². The molecular weight excluding hydrogens is 460 g/mol. The van der Waals surface area contributed by atoms with Crippen molar-refractivity contribution in [2.45, 2.75) is 17.9 Å². The molecule has 154 valence electrons. The Bertz CT molecular complexity index is 973. The van der Waals surface area contributed by atoms with Gasteiger partial charge in [-0.25, -0.2) is 17.9 Å². The summed E-state index contributed by atoms with van der Waals surface area (Å²) in [6.07, 6.45) is 1.42. The molecular formula is C20H21BrN2O5S. The quantitative estimate of drug-likeness (QED) is 0.424. The minimum Gasteiger partial charge on any atom is -0.452 e. The highest BCUT2D eigenvalue weighted by Crippen LogP contribution is 2.16. The molecule has 2 aromatic rings. The first-order valence-corrected chi connectivity index (χ1v) is 10.9. The molecule has 0 saturated heterocycles. The molecule has 1 atom stereocenters. The van der Waals surface area contributed by atoms with E-state index in [1.54, 1.807) is 0 Å². The number of rotatable bonds is 9. The average molecular weight is 481 g/mol. The van der Waals surface area contributed by atoms with Gasteiger partial charge in [-0.15, -0.1) is 6.58 Å². The lowest BCUT2D eigenvalue weighted by Gasteiger charge is -2.14. The van der Waals surface area contributed by atoms with Crippen LogP contribution in [0.25, 0.3) is 0 Å². The highest BCUT2D eigenvalue weighted by molar-refractivity contribution is 9.10. The molecule has 0 aliphatic rings. The number of esters is 1. The van der Waals surface area contributed by atoms with E-state index in [1.165, 1.54) is 30.3 Å². The van der Waals surface area contributed by atoms with Crippen LogP contribution in [-0.4, -0.2) is 33.4 Å². The number of amides is 1. The fourth-order valence-corrected chi connectivity index (χ4v) is 3.62. The first-order valence-electron chi connectivity index (χ1n) is 8.65. The molecule has 0 heterocycles. The normalized spacial score (nSPS) is 12.1. The Morgan fingerprint density at radius 2 is 1.76 bits per heavy atom. The van der Waals surface area contributed by atoms with Crippen molar-refractivity contribution in [3.8, 4) is 0 Å². The minimum absolute atomic E-state index is 0.0111. The molecule has 7 nitrogen and oxygen atoms in total. The maximum atomic E-state index is 12.1. The maximum Gasteiger partial charge on any atom is 0.338 e. The Balaban J connectivity index is 1.89. The second-order valence-electron chi connectivity index (χ2n) is 6.08. The number of benzene rings is 2. The van der Waals surface area contributed by atoms with Crippen LogP contribution < -0.4 is 10.0 Å². The van der Waals surface area contributed by atoms with Crippen LogP contribution in [0, 0.1) is 0 Å². The van der Waals surface area contributed by atoms with Crippen LogP contribution in [0.4, 0.5) is 0 Å². The van der Waals surface area contributed by atoms with E-state index in [4.69, 9.17) is 4.74 Å². The van der Waals surface area contributed by atoms with E-state index in [0.717, 1.165) is 10.0 Å². The largest absolute Gasteiger partial charge is 0.452 e. The second kappa shape index (κ2) is 10.3. The van der Waals surface area contributed by atoms with Gasteiger partial charge in [0, 0.05) is 11.0 Å². The molecule has 0 spiro atoms. The number of carbonyl (C=O) groups excluding carboxylic acids is 2. The van der Waals surface area contributed by atoms with Crippen molar-refractivity contribution in [1.82, 2.24) is 10.0 Å². The second-order valence-corrected chi connectivity index (χ2v) is 8.76. The predicted octanol–water partition coefficient (Wildman–Crippen LogP) is 2.95. The van der Waals surface area contributed by atoms with Crippen LogP contribution in [0.2, 0.25) is 0 Å². The Morgan fingerprint density at radius 3 is 2.34 bits per heavy atom. The Hall–Kier alpha value is -2.49. The molecule has 0 saturated carbocycles. The van der Waals surface area contributed by atoms with Crippen LogP contribution >= 0.6 is 15.9 Å². The van der Waals surface area contributed by atoms with Gasteiger partial charge in [-0.3, -0.25) is 4.79 Å². The van der Waals surface area contributed by atoms with Gasteiger partial charge in [-0.2, -0.15) is 0 Å². The van der Waals surface area contributed by atoms with E-state index in [2.05, 4.69) is 32.5 Å². The third-order valence-corrected chi connectivity index (χ3v) is 5.87. The highest BCUT2D eigenvalue weighted by Gasteiger charge is 2.16. The van der Waals surface area contributed by atoms with Crippen molar-refractivity contribution in [1.29, 1.82) is 0 Å². The Kier molecular flexibility index (Phi) is 8.12. The smallest absolute Gasteiger partial charge is 0.338 e. The van der Waals surface area contributed by atoms with Crippen molar-refractivity contribution in [3.05, 3.63) is 76.8 Å². The molecule has 1 unspecified atom stereocenters. The van der Waals surface area contributed by atoms with E-state index in [0.29, 0.717) is 0 Å². The predicted molar refractivity (Wildman–Crippen MR) is 113 cm³/mol. The lowest BCUT2D eigenvalue weighted by atomic mass is 10.1. The van der Waals surface area contributed by atoms with Crippen molar-refractivity contribution in [2.75, 3.05) is 13.2 Å². The molecule has 0 radical (unpaired) electrons. The summed E-state index contributed by atoms with van der Waals surface area (Å²) in [7, 11) is -3.67. The summed E-state index contributed by atoms with van der Waals surface area (Å²) in [6, 6.07) is 12.5. The zero-order valence-corrected chi connectivity index (χ0v) is 18.1. The molecule has 0 aliphatic heterocycles. The van der Waals surface area contributed by atoms with Gasteiger partial charge in [-0.1, -0.05) is 34.1 Å². The first-order chi connectivity index (χ1) is 13.7. The van der Waals surface area contributed by atoms with Gasteiger partial charge in [0.1, 0.15) is 0 Å². The number of sulfonamides is 1. The zero-order chi connectivity index (χ0) is 21.4. The van der Waals surface area contributed by atoms with Crippen molar-refractivity contribution < 1.29 is 22.7 Å². The number of ether oxygens (including phenoxy) is 1. The van der Waals surface area contributed by atoms with Gasteiger partial charge in [0.05, 0.1) is 16.5 Å². The monoisotopic (exact) mass is 480 g/mol. The Morgan fingerprint density at radius 1 is 1.14 bits per heavy atom. The number of halogens is 1. The van der Waals surface area contributed by atoms with Crippen molar-refractivity contribution in [3.63, 3.8) is 0 Å². The topological polar surface area (TPSA) is 102 Å². The van der Waals surface area contributed by atoms with Crippen LogP contribution in [0.5, 0.6) is 0 Å². The summed E-state index contributed by atoms with van der Waals surface area (Å²) in [5.41, 5.74) is 1.05. The van der Waals surface area contributed by atoms with Crippen LogP contribution in [0.15, 0.2) is 70.6 Å². The van der Waals surface area contributed by atoms with E-state index in [-0.39, 0.29) is 23.0 Å². The molecule has 1 amide bonds. The first kappa shape index (κ1) is 22.8. The SMILES string of the molecule is C=CCNS(=O)(=O)c1ccc(C(=O)OCC(=O)NC(C)c2ccc(Br)cc2)cc1. The number of carbonyl (C=O) groups is 2. The van der Waals surface area contributed by atoms with Crippen LogP contribution in [0.1, 0.15) is 28.9 Å². The van der Waals surface area contributed by atoms with Gasteiger partial charge in [0.2, 0.25) is 10.0 Å². The maximum absolute atomic E-state index is 12.1. The summed E-state index contributed by atoms with van der Waals surface area (Å²) >= 11 is 3.35. The standard InChI is InChI=1S/C20H21BrN2O5S/c1-3-12-22-29(26,27)18-10-6-16(7-11-18)20(25)28-13-19(24)23-14(2)15-4-8-17(21)9-5-15/h3-11,14,22H,1,12-13H2,2H3,(H,23,24). The summed E-state index contributed by atoms with van der Waals surface area (Å²) in [6.45, 7) is 4.92. The molecule has 0 bridgehead atoms. The van der Waals surface area contributed by atoms with Gasteiger partial charge < -0.3 is 10.1 Å². The fraction of sp³-hybridized carbons (Fsp3) is 0.200. The van der Waals surface area contributed by atoms with Crippen LogP contribution in [0.3, 0.4) is 0 Å². The molecule has 2 N–H and O–H groups in total. The number of nitrogens with one attached hydrogen (secondary N) is 2. The van der Waals surface area contributed by atoms with Crippen molar-refractivity contribution in [2.24, 2.45) is 0 Å². The van der Waals surface area contributed by atoms with E-state index < -0.39 is 28.5 Å². The summed E-state index contributed by atoms with van der Waals surface area (Å²) in [4.78, 5) is 24.1. The van der Waals surface area contributed by atoms with E-state index in [9.17, 15) is 18.0 Å². The molecule has 2 rings (SSSR count). The average Bonchev–Trinajstić information content (AvgIpc) is 2.71. The van der Waals surface area contributed by atoms with Gasteiger partial charge in [-0.05, 0) is 48.9 Å². The third kappa shape index (κ3) is 6.81. The van der Waals surface area contributed by atoms with Gasteiger partial charge >= 0.3 is 5.97 Å². The fourth-order valence-electron chi connectivity index (χ4n) is 2.35. The summed E-state index contributed by atoms with van der Waals surface area (Å²) in [5, 5.41) is 2.74. The molecule has 9 heteroatoms. The Labute approximate surface area is 178 Å². The number of hydrogen-bond acceptors (Lipinski definition) is 5. The highest BCUT2D eigenvalue weighted by atomic mass is 79.9. The minimum atomic E-state index is -3.67. The summed E-state index contributed by atoms with van der Waals surface area (Å²) in [5.74, 6) is -1.17. The lowest BCUT2D eigenvalue weighted by Crippen LogP contribution is -2.31. The van der Waals surface area contributed by atoms with E-state index >= 15 is 0 Å². The molecule has 0 fully saturated rings. The van der Waals surface area contributed by atoms with Gasteiger partial charge in [0.25, 0.3) is 5.91 Å². The van der Waals surface area contributed by atoms with Crippen LogP contribution in [-0.2, 0) is 19.6 Å². The third-order valence-electron chi connectivity index (χ3n) is 3.90. The molecule has 0 aromatic heterocycles. The van der Waals surface area contributed by atoms with E-state index in [1.807, 2.05) is 31.2 Å². The lowest BCUT2D eigenvalue weighted by molar-refractivity contribution is -0.124. The molecule has 29 heavy (non-hydrogen) atoms. The number of hydrogen-bond donors (Lipinski definition) is 2. The molecule has 2 aromatic carbocycles. The van der Waals surface area contributed by atoms with Gasteiger partial charge in [0.15, 0.2) is 6.61 Å². The summed E-state index contributed by atoms with van der Waals surface area (Å²) < 4.78 is 32.3. The molecule has 0 aliphatic carbocycles. The zero-order valence-electron chi connectivity index (χ0n) is 15.7.